The van der Waals surface area contributed by atoms with E-state index in [4.69, 9.17) is 0 Å². The molecule has 5 nitrogen and oxygen atoms in total. The molecule has 1 atom stereocenters. The Kier molecular flexibility index (Phi) is 6.92. The smallest absolute Gasteiger partial charge is 0.239 e. The highest BCUT2D eigenvalue weighted by Gasteiger charge is 2.25. The zero-order valence-electron chi connectivity index (χ0n) is 15.9. The fourth-order valence-corrected chi connectivity index (χ4v) is 4.16. The van der Waals surface area contributed by atoms with Crippen molar-refractivity contribution < 1.29 is 4.79 Å². The van der Waals surface area contributed by atoms with Gasteiger partial charge in [0.2, 0.25) is 5.91 Å². The number of rotatable bonds is 5. The van der Waals surface area contributed by atoms with Crippen LogP contribution in [0.25, 0.3) is 0 Å². The van der Waals surface area contributed by atoms with Gasteiger partial charge in [-0.2, -0.15) is 0 Å². The molecule has 142 valence electrons. The van der Waals surface area contributed by atoms with E-state index in [1.54, 1.807) is 7.05 Å². The Balaban J connectivity index is 1.42. The van der Waals surface area contributed by atoms with Gasteiger partial charge in [0.1, 0.15) is 0 Å². The number of benzene rings is 1. The third kappa shape index (κ3) is 5.48. The predicted molar refractivity (Wildman–Crippen MR) is 106 cm³/mol. The van der Waals surface area contributed by atoms with Crippen LogP contribution in [-0.2, 0) is 11.2 Å². The van der Waals surface area contributed by atoms with Crippen molar-refractivity contribution in [2.24, 2.45) is 10.9 Å². The van der Waals surface area contributed by atoms with Crippen LogP contribution in [0.15, 0.2) is 35.3 Å². The van der Waals surface area contributed by atoms with E-state index in [0.717, 1.165) is 38.3 Å². The molecular formula is C21H32N4O. The summed E-state index contributed by atoms with van der Waals surface area (Å²) in [5, 5.41) is 6.40. The Bertz CT molecular complexity index is 595. The Hall–Kier alpha value is -2.04. The first-order chi connectivity index (χ1) is 12.7. The van der Waals surface area contributed by atoms with Crippen molar-refractivity contribution >= 4 is 11.9 Å². The van der Waals surface area contributed by atoms with Crippen molar-refractivity contribution in [3.05, 3.63) is 35.9 Å². The van der Waals surface area contributed by atoms with Gasteiger partial charge in [-0.15, -0.1) is 0 Å². The van der Waals surface area contributed by atoms with Crippen molar-refractivity contribution in [1.82, 2.24) is 15.5 Å². The van der Waals surface area contributed by atoms with Crippen molar-refractivity contribution in [3.63, 3.8) is 0 Å². The molecule has 3 rings (SSSR count). The van der Waals surface area contributed by atoms with Gasteiger partial charge in [0.15, 0.2) is 5.96 Å². The number of nitrogens with zero attached hydrogens (tertiary/aromatic N) is 2. The Labute approximate surface area is 157 Å². The summed E-state index contributed by atoms with van der Waals surface area (Å²) in [6.07, 6.45) is 8.28. The van der Waals surface area contributed by atoms with Gasteiger partial charge in [-0.05, 0) is 37.2 Å². The third-order valence-corrected chi connectivity index (χ3v) is 5.54. The largest absolute Gasteiger partial charge is 0.352 e. The van der Waals surface area contributed by atoms with Crippen molar-refractivity contribution in [3.8, 4) is 0 Å². The molecule has 2 aliphatic rings. The van der Waals surface area contributed by atoms with Crippen molar-refractivity contribution in [1.29, 1.82) is 0 Å². The summed E-state index contributed by atoms with van der Waals surface area (Å²) < 4.78 is 0. The molecule has 1 heterocycles. The van der Waals surface area contributed by atoms with Gasteiger partial charge in [-0.25, -0.2) is 0 Å². The van der Waals surface area contributed by atoms with E-state index in [1.165, 1.54) is 31.2 Å². The molecular weight excluding hydrogens is 324 g/mol. The van der Waals surface area contributed by atoms with Gasteiger partial charge in [-0.1, -0.05) is 49.6 Å². The van der Waals surface area contributed by atoms with Crippen molar-refractivity contribution in [2.75, 3.05) is 26.7 Å². The normalized spacial score (nSPS) is 21.7. The van der Waals surface area contributed by atoms with E-state index in [1.807, 2.05) is 0 Å². The standard InChI is InChI=1S/C21H32N4O/c1-22-21(23-15-20(26)24-19-10-6-3-7-11-19)25-13-12-18(16-25)14-17-8-4-2-5-9-17/h2,4-5,8-9,18-19H,3,6-7,10-16H2,1H3,(H,22,23)(H,24,26). The minimum absolute atomic E-state index is 0.0816. The summed E-state index contributed by atoms with van der Waals surface area (Å²) in [4.78, 5) is 18.9. The van der Waals surface area contributed by atoms with Crippen LogP contribution >= 0.6 is 0 Å². The highest BCUT2D eigenvalue weighted by Crippen LogP contribution is 2.21. The molecule has 1 saturated heterocycles. The van der Waals surface area contributed by atoms with E-state index >= 15 is 0 Å². The summed E-state index contributed by atoms with van der Waals surface area (Å²) in [6, 6.07) is 11.0. The Morgan fingerprint density at radius 1 is 1.15 bits per heavy atom. The lowest BCUT2D eigenvalue weighted by Crippen LogP contribution is -2.47. The van der Waals surface area contributed by atoms with Crippen LogP contribution in [0.4, 0.5) is 0 Å². The minimum atomic E-state index is 0.0816. The number of carbonyl (C=O) groups is 1. The van der Waals surface area contributed by atoms with Gasteiger partial charge in [0.05, 0.1) is 6.54 Å². The summed E-state index contributed by atoms with van der Waals surface area (Å²) >= 11 is 0. The van der Waals surface area contributed by atoms with E-state index < -0.39 is 0 Å². The summed E-state index contributed by atoms with van der Waals surface area (Å²) in [5.74, 6) is 1.57. The van der Waals surface area contributed by atoms with Gasteiger partial charge in [0, 0.05) is 26.2 Å². The second-order valence-electron chi connectivity index (χ2n) is 7.59. The van der Waals surface area contributed by atoms with Crippen LogP contribution in [0, 0.1) is 5.92 Å². The van der Waals surface area contributed by atoms with Crippen LogP contribution in [-0.4, -0.2) is 49.5 Å². The number of aliphatic imine (C=N–C) groups is 1. The van der Waals surface area contributed by atoms with Crippen molar-refractivity contribution in [2.45, 2.75) is 51.0 Å². The highest BCUT2D eigenvalue weighted by atomic mass is 16.2. The molecule has 2 N–H and O–H groups in total. The molecule has 5 heteroatoms. The molecule has 0 radical (unpaired) electrons. The van der Waals surface area contributed by atoms with Crippen LogP contribution < -0.4 is 10.6 Å². The van der Waals surface area contributed by atoms with Crippen LogP contribution in [0.5, 0.6) is 0 Å². The van der Waals surface area contributed by atoms with Crippen LogP contribution in [0.1, 0.15) is 44.1 Å². The van der Waals surface area contributed by atoms with E-state index in [2.05, 4.69) is 50.9 Å². The molecule has 1 aromatic carbocycles. The van der Waals surface area contributed by atoms with Gasteiger partial charge < -0.3 is 15.5 Å². The maximum atomic E-state index is 12.2. The first kappa shape index (κ1) is 18.7. The second-order valence-corrected chi connectivity index (χ2v) is 7.59. The number of carbonyl (C=O) groups excluding carboxylic acids is 1. The fraction of sp³-hybridized carbons (Fsp3) is 0.619. The topological polar surface area (TPSA) is 56.7 Å². The molecule has 0 spiro atoms. The maximum absolute atomic E-state index is 12.2. The minimum Gasteiger partial charge on any atom is -0.352 e. The zero-order chi connectivity index (χ0) is 18.2. The second kappa shape index (κ2) is 9.60. The predicted octanol–water partition coefficient (Wildman–Crippen LogP) is 2.58. The monoisotopic (exact) mass is 356 g/mol. The molecule has 1 aliphatic heterocycles. The van der Waals surface area contributed by atoms with E-state index in [0.29, 0.717) is 18.5 Å². The molecule has 2 fully saturated rings. The number of guanidine groups is 1. The SMILES string of the molecule is CN=C(NCC(=O)NC1CCCCC1)N1CCC(Cc2ccccc2)C1. The van der Waals surface area contributed by atoms with Gasteiger partial charge in [0.25, 0.3) is 0 Å². The van der Waals surface area contributed by atoms with Crippen LogP contribution in [0.2, 0.25) is 0 Å². The summed E-state index contributed by atoms with van der Waals surface area (Å²) in [7, 11) is 1.80. The third-order valence-electron chi connectivity index (χ3n) is 5.54. The highest BCUT2D eigenvalue weighted by molar-refractivity contribution is 5.86. The maximum Gasteiger partial charge on any atom is 0.239 e. The van der Waals surface area contributed by atoms with E-state index in [9.17, 15) is 4.79 Å². The first-order valence-electron chi connectivity index (χ1n) is 10.0. The zero-order valence-corrected chi connectivity index (χ0v) is 15.9. The fourth-order valence-electron chi connectivity index (χ4n) is 4.16. The molecule has 1 unspecified atom stereocenters. The lowest BCUT2D eigenvalue weighted by molar-refractivity contribution is -0.120. The molecule has 1 saturated carbocycles. The number of nitrogens with one attached hydrogen (secondary N) is 2. The first-order valence-corrected chi connectivity index (χ1v) is 10.0. The summed E-state index contributed by atoms with van der Waals surface area (Å²) in [5.41, 5.74) is 1.40. The average Bonchev–Trinajstić information content (AvgIpc) is 3.12. The van der Waals surface area contributed by atoms with Gasteiger partial charge in [-0.3, -0.25) is 9.79 Å². The lowest BCUT2D eigenvalue weighted by Gasteiger charge is -2.24. The van der Waals surface area contributed by atoms with Crippen LogP contribution in [0.3, 0.4) is 0 Å². The number of amides is 1. The molecule has 1 aromatic rings. The molecule has 0 bridgehead atoms. The van der Waals surface area contributed by atoms with E-state index in [-0.39, 0.29) is 5.91 Å². The summed E-state index contributed by atoms with van der Waals surface area (Å²) in [6.45, 7) is 2.31. The molecule has 26 heavy (non-hydrogen) atoms. The lowest BCUT2D eigenvalue weighted by atomic mass is 9.95. The number of hydrogen-bond acceptors (Lipinski definition) is 2. The average molecular weight is 357 g/mol. The Morgan fingerprint density at radius 2 is 1.92 bits per heavy atom. The van der Waals surface area contributed by atoms with Gasteiger partial charge >= 0.3 is 0 Å². The number of hydrogen-bond donors (Lipinski definition) is 2. The molecule has 1 amide bonds. The number of likely N-dealkylation sites (tertiary alicyclic amines) is 1. The Morgan fingerprint density at radius 3 is 2.65 bits per heavy atom. The molecule has 1 aliphatic carbocycles. The molecule has 0 aromatic heterocycles. The quantitative estimate of drug-likeness (QED) is 0.630.